The van der Waals surface area contributed by atoms with E-state index < -0.39 is 0 Å². The zero-order valence-corrected chi connectivity index (χ0v) is 8.61. The summed E-state index contributed by atoms with van der Waals surface area (Å²) in [6, 6.07) is -0.403. The van der Waals surface area contributed by atoms with Crippen molar-refractivity contribution in [1.82, 2.24) is 10.2 Å². The Balaban J connectivity index is 1.98. The third kappa shape index (κ3) is 1.97. The third-order valence-electron chi connectivity index (χ3n) is 3.16. The van der Waals surface area contributed by atoms with Gasteiger partial charge < -0.3 is 15.3 Å². The first-order chi connectivity index (χ1) is 7.22. The minimum Gasteiger partial charge on any atom is -0.394 e. The van der Waals surface area contributed by atoms with E-state index in [1.807, 2.05) is 0 Å². The lowest BCUT2D eigenvalue weighted by molar-refractivity contribution is -0.135. The van der Waals surface area contributed by atoms with Gasteiger partial charge in [0.15, 0.2) is 0 Å². The molecular weight excluding hydrogens is 196 g/mol. The molecule has 2 rings (SSSR count). The van der Waals surface area contributed by atoms with Gasteiger partial charge in [0.05, 0.1) is 12.6 Å². The van der Waals surface area contributed by atoms with Crippen LogP contribution in [0.15, 0.2) is 0 Å². The Bertz CT molecular complexity index is 280. The second-order valence-electron chi connectivity index (χ2n) is 4.17. The molecule has 0 bridgehead atoms. The summed E-state index contributed by atoms with van der Waals surface area (Å²) < 4.78 is 0. The van der Waals surface area contributed by atoms with Crippen molar-refractivity contribution in [2.24, 2.45) is 0 Å². The topological polar surface area (TPSA) is 69.6 Å². The molecule has 2 aliphatic rings. The van der Waals surface area contributed by atoms with E-state index in [1.165, 1.54) is 0 Å². The Morgan fingerprint density at radius 2 is 2.33 bits per heavy atom. The number of hydrogen-bond donors (Lipinski definition) is 2. The molecule has 0 aromatic carbocycles. The number of aliphatic hydroxyl groups is 1. The first-order valence-electron chi connectivity index (χ1n) is 5.43. The predicted octanol–water partition coefficient (Wildman–Crippen LogP) is -0.752. The maximum absolute atomic E-state index is 12.0. The molecule has 0 unspecified atom stereocenters. The molecule has 0 spiro atoms. The Hall–Kier alpha value is -1.10. The highest BCUT2D eigenvalue weighted by Crippen LogP contribution is 2.20. The SMILES string of the molecule is O=C1CC[C@@H](C(=O)N2CCC[C@H]2CO)N1. The molecule has 2 heterocycles. The van der Waals surface area contributed by atoms with Crippen molar-refractivity contribution < 1.29 is 14.7 Å². The first kappa shape index (κ1) is 10.4. The van der Waals surface area contributed by atoms with Gasteiger partial charge in [0, 0.05) is 13.0 Å². The molecule has 2 amide bonds. The van der Waals surface area contributed by atoms with Crippen LogP contribution in [0.1, 0.15) is 25.7 Å². The molecular formula is C10H16N2O3. The lowest BCUT2D eigenvalue weighted by Gasteiger charge is -2.25. The lowest BCUT2D eigenvalue weighted by atomic mass is 10.2. The zero-order chi connectivity index (χ0) is 10.8. The highest BCUT2D eigenvalue weighted by molar-refractivity contribution is 5.91. The molecule has 0 saturated carbocycles. The van der Waals surface area contributed by atoms with Crippen molar-refractivity contribution in [3.63, 3.8) is 0 Å². The number of nitrogens with zero attached hydrogens (tertiary/aromatic N) is 1. The summed E-state index contributed by atoms with van der Waals surface area (Å²) in [5, 5.41) is 11.8. The highest BCUT2D eigenvalue weighted by atomic mass is 16.3. The normalized spacial score (nSPS) is 30.7. The molecule has 0 radical (unpaired) electrons. The van der Waals surface area contributed by atoms with Crippen LogP contribution in [0.5, 0.6) is 0 Å². The van der Waals surface area contributed by atoms with Gasteiger partial charge in [-0.1, -0.05) is 0 Å². The van der Waals surface area contributed by atoms with Crippen LogP contribution in [0, 0.1) is 0 Å². The van der Waals surface area contributed by atoms with E-state index in [2.05, 4.69) is 5.32 Å². The summed E-state index contributed by atoms with van der Waals surface area (Å²) in [5.41, 5.74) is 0. The number of likely N-dealkylation sites (tertiary alicyclic amines) is 1. The van der Waals surface area contributed by atoms with Crippen molar-refractivity contribution in [2.75, 3.05) is 13.2 Å². The van der Waals surface area contributed by atoms with Crippen LogP contribution in [0.3, 0.4) is 0 Å². The van der Waals surface area contributed by atoms with Crippen molar-refractivity contribution in [3.05, 3.63) is 0 Å². The number of nitrogens with one attached hydrogen (secondary N) is 1. The van der Waals surface area contributed by atoms with Crippen LogP contribution in [-0.2, 0) is 9.59 Å². The fourth-order valence-electron chi connectivity index (χ4n) is 2.32. The summed E-state index contributed by atoms with van der Waals surface area (Å²) >= 11 is 0. The van der Waals surface area contributed by atoms with Gasteiger partial charge >= 0.3 is 0 Å². The average molecular weight is 212 g/mol. The summed E-state index contributed by atoms with van der Waals surface area (Å²) in [4.78, 5) is 24.7. The van der Waals surface area contributed by atoms with Gasteiger partial charge in [0.1, 0.15) is 6.04 Å². The van der Waals surface area contributed by atoms with Gasteiger partial charge in [0.25, 0.3) is 0 Å². The summed E-state index contributed by atoms with van der Waals surface area (Å²) in [7, 11) is 0. The maximum Gasteiger partial charge on any atom is 0.245 e. The number of carbonyl (C=O) groups excluding carboxylic acids is 2. The summed E-state index contributed by atoms with van der Waals surface area (Å²) in [6.45, 7) is 0.725. The van der Waals surface area contributed by atoms with Crippen molar-refractivity contribution >= 4 is 11.8 Å². The summed E-state index contributed by atoms with van der Waals surface area (Å²) in [6.07, 6.45) is 2.83. The molecule has 0 aliphatic carbocycles. The number of rotatable bonds is 2. The van der Waals surface area contributed by atoms with E-state index in [1.54, 1.807) is 4.90 Å². The molecule has 5 nitrogen and oxygen atoms in total. The number of hydrogen-bond acceptors (Lipinski definition) is 3. The maximum atomic E-state index is 12.0. The van der Waals surface area contributed by atoms with E-state index in [0.29, 0.717) is 19.4 Å². The summed E-state index contributed by atoms with van der Waals surface area (Å²) in [5.74, 6) is -0.0782. The van der Waals surface area contributed by atoms with Crippen LogP contribution < -0.4 is 5.32 Å². The van der Waals surface area contributed by atoms with Gasteiger partial charge in [-0.05, 0) is 19.3 Å². The van der Waals surface area contributed by atoms with Crippen LogP contribution in [0.25, 0.3) is 0 Å². The minimum atomic E-state index is -0.357. The first-order valence-corrected chi connectivity index (χ1v) is 5.43. The minimum absolute atomic E-state index is 0.0202. The Morgan fingerprint density at radius 1 is 1.53 bits per heavy atom. The van der Waals surface area contributed by atoms with E-state index in [0.717, 1.165) is 12.8 Å². The number of carbonyl (C=O) groups is 2. The second kappa shape index (κ2) is 4.18. The lowest BCUT2D eigenvalue weighted by Crippen LogP contribution is -2.47. The zero-order valence-electron chi connectivity index (χ0n) is 8.61. The third-order valence-corrected chi connectivity index (χ3v) is 3.16. The Labute approximate surface area is 88.4 Å². The van der Waals surface area contributed by atoms with E-state index in [-0.39, 0.29) is 30.5 Å². The number of amides is 2. The number of aliphatic hydroxyl groups excluding tert-OH is 1. The largest absolute Gasteiger partial charge is 0.394 e. The second-order valence-corrected chi connectivity index (χ2v) is 4.17. The molecule has 84 valence electrons. The van der Waals surface area contributed by atoms with Gasteiger partial charge in [-0.3, -0.25) is 9.59 Å². The molecule has 2 atom stereocenters. The van der Waals surface area contributed by atoms with Crippen LogP contribution in [-0.4, -0.2) is 47.1 Å². The molecule has 15 heavy (non-hydrogen) atoms. The molecule has 2 N–H and O–H groups in total. The van der Waals surface area contributed by atoms with Crippen LogP contribution >= 0.6 is 0 Å². The van der Waals surface area contributed by atoms with Gasteiger partial charge in [0.2, 0.25) is 11.8 Å². The van der Waals surface area contributed by atoms with Crippen LogP contribution in [0.2, 0.25) is 0 Å². The van der Waals surface area contributed by atoms with Gasteiger partial charge in [-0.2, -0.15) is 0 Å². The van der Waals surface area contributed by atoms with Gasteiger partial charge in [-0.15, -0.1) is 0 Å². The van der Waals surface area contributed by atoms with Crippen LogP contribution in [0.4, 0.5) is 0 Å². The standard InChI is InChI=1S/C10H16N2O3/c13-6-7-2-1-5-12(7)10(15)8-3-4-9(14)11-8/h7-8,13H,1-6H2,(H,11,14)/t7-,8-/m0/s1. The quantitative estimate of drug-likeness (QED) is 0.632. The fraction of sp³-hybridized carbons (Fsp3) is 0.800. The van der Waals surface area contributed by atoms with Crippen molar-refractivity contribution in [3.8, 4) is 0 Å². The van der Waals surface area contributed by atoms with E-state index in [9.17, 15) is 9.59 Å². The Kier molecular flexibility index (Phi) is 2.90. The molecule has 0 aromatic heterocycles. The smallest absolute Gasteiger partial charge is 0.245 e. The predicted molar refractivity (Wildman–Crippen MR) is 53.0 cm³/mol. The van der Waals surface area contributed by atoms with E-state index in [4.69, 9.17) is 5.11 Å². The molecule has 5 heteroatoms. The molecule has 2 aliphatic heterocycles. The van der Waals surface area contributed by atoms with Crippen molar-refractivity contribution in [1.29, 1.82) is 0 Å². The molecule has 0 aromatic rings. The van der Waals surface area contributed by atoms with Crippen molar-refractivity contribution in [2.45, 2.75) is 37.8 Å². The molecule has 2 fully saturated rings. The van der Waals surface area contributed by atoms with Gasteiger partial charge in [-0.25, -0.2) is 0 Å². The highest BCUT2D eigenvalue weighted by Gasteiger charge is 2.35. The fourth-order valence-corrected chi connectivity index (χ4v) is 2.32. The van der Waals surface area contributed by atoms with E-state index >= 15 is 0 Å². The Morgan fingerprint density at radius 3 is 2.93 bits per heavy atom. The monoisotopic (exact) mass is 212 g/mol. The average Bonchev–Trinajstić information content (AvgIpc) is 2.84. The molecule has 2 saturated heterocycles.